The maximum Gasteiger partial charge on any atom is 0.264 e. The molecule has 0 aliphatic rings. The van der Waals surface area contributed by atoms with Crippen LogP contribution in [0.25, 0.3) is 10.8 Å². The van der Waals surface area contributed by atoms with Crippen LogP contribution in [0.15, 0.2) is 77.7 Å². The number of para-hydroxylation sites is 1. The van der Waals surface area contributed by atoms with Gasteiger partial charge in [0.1, 0.15) is 5.92 Å². The first-order chi connectivity index (χ1) is 14.9. The molecule has 0 aromatic heterocycles. The van der Waals surface area contributed by atoms with E-state index in [-0.39, 0.29) is 11.3 Å². The highest BCUT2D eigenvalue weighted by Gasteiger charge is 2.33. The van der Waals surface area contributed by atoms with Crippen LogP contribution in [0.5, 0.6) is 0 Å². The lowest BCUT2D eigenvalue weighted by Gasteiger charge is -2.25. The molecule has 3 aromatic carbocycles. The molecule has 31 heavy (non-hydrogen) atoms. The average Bonchev–Trinajstić information content (AvgIpc) is 2.77. The summed E-state index contributed by atoms with van der Waals surface area (Å²) in [5, 5.41) is 1.59. The van der Waals surface area contributed by atoms with Crippen LogP contribution in [-0.2, 0) is 19.6 Å². The molecule has 0 bridgehead atoms. The van der Waals surface area contributed by atoms with Gasteiger partial charge < -0.3 is 4.90 Å². The minimum atomic E-state index is -4.18. The molecule has 1 atom stereocenters. The van der Waals surface area contributed by atoms with Crippen molar-refractivity contribution in [3.63, 3.8) is 0 Å². The van der Waals surface area contributed by atoms with E-state index in [1.165, 1.54) is 17.0 Å². The largest absolute Gasteiger partial charge is 0.312 e. The molecule has 0 radical (unpaired) electrons. The van der Waals surface area contributed by atoms with Crippen molar-refractivity contribution in [1.82, 2.24) is 4.72 Å². The van der Waals surface area contributed by atoms with Crippen LogP contribution in [0, 0.1) is 18.3 Å². The van der Waals surface area contributed by atoms with Gasteiger partial charge in [-0.25, -0.2) is 13.1 Å². The van der Waals surface area contributed by atoms with Gasteiger partial charge in [0, 0.05) is 18.7 Å². The Hall–Kier alpha value is -3.63. The molecule has 3 aromatic rings. The topological polar surface area (TPSA) is 83.5 Å². The van der Waals surface area contributed by atoms with Crippen LogP contribution in [-0.4, -0.2) is 26.8 Å². The lowest BCUT2D eigenvalue weighted by atomic mass is 10.0. The molecule has 7 heteroatoms. The number of carbonyl (C=O) groups is 2. The molecule has 158 valence electrons. The van der Waals surface area contributed by atoms with E-state index in [4.69, 9.17) is 6.42 Å². The van der Waals surface area contributed by atoms with E-state index < -0.39 is 27.8 Å². The third-order valence-electron chi connectivity index (χ3n) is 4.85. The number of terminal acetylenes is 1. The summed E-state index contributed by atoms with van der Waals surface area (Å²) in [7, 11) is -4.18. The van der Waals surface area contributed by atoms with E-state index in [9.17, 15) is 18.0 Å². The van der Waals surface area contributed by atoms with Gasteiger partial charge in [-0.15, -0.1) is 12.3 Å². The fraction of sp³-hybridized carbons (Fsp3) is 0.167. The molecule has 6 nitrogen and oxygen atoms in total. The molecule has 0 aliphatic heterocycles. The number of hydrogen-bond acceptors (Lipinski definition) is 4. The second kappa shape index (κ2) is 9.45. The summed E-state index contributed by atoms with van der Waals surface area (Å²) >= 11 is 0. The quantitative estimate of drug-likeness (QED) is 0.457. The molecule has 2 amide bonds. The fourth-order valence-electron chi connectivity index (χ4n) is 3.27. The molecule has 0 heterocycles. The summed E-state index contributed by atoms with van der Waals surface area (Å²) in [5.41, 5.74) is 0.599. The number of sulfonamides is 1. The van der Waals surface area contributed by atoms with Crippen LogP contribution in [0.3, 0.4) is 0 Å². The highest BCUT2D eigenvalue weighted by atomic mass is 32.2. The third kappa shape index (κ3) is 4.93. The lowest BCUT2D eigenvalue weighted by Crippen LogP contribution is -2.45. The first-order valence-electron chi connectivity index (χ1n) is 9.72. The predicted octanol–water partition coefficient (Wildman–Crippen LogP) is 3.34. The minimum absolute atomic E-state index is 0.0677. The lowest BCUT2D eigenvalue weighted by molar-refractivity contribution is -0.132. The first kappa shape index (κ1) is 22.1. The average molecular weight is 435 g/mol. The number of carbonyl (C=O) groups excluding carboxylic acids is 2. The first-order valence-corrected chi connectivity index (χ1v) is 11.2. The summed E-state index contributed by atoms with van der Waals surface area (Å²) in [6, 6.07) is 20.6. The second-order valence-corrected chi connectivity index (χ2v) is 8.54. The van der Waals surface area contributed by atoms with Crippen molar-refractivity contribution in [3.05, 3.63) is 72.8 Å². The Morgan fingerprint density at radius 2 is 1.65 bits per heavy atom. The second-order valence-electron chi connectivity index (χ2n) is 6.86. The summed E-state index contributed by atoms with van der Waals surface area (Å²) in [6.07, 6.45) is 5.15. The van der Waals surface area contributed by atoms with Crippen molar-refractivity contribution in [3.8, 4) is 12.3 Å². The van der Waals surface area contributed by atoms with Crippen molar-refractivity contribution in [2.24, 2.45) is 5.92 Å². The zero-order chi connectivity index (χ0) is 22.4. The maximum atomic E-state index is 13.1. The number of hydrogen-bond donors (Lipinski definition) is 1. The monoisotopic (exact) mass is 434 g/mol. The summed E-state index contributed by atoms with van der Waals surface area (Å²) in [6.45, 7) is 2.07. The fourth-order valence-corrected chi connectivity index (χ4v) is 4.32. The molecule has 0 saturated heterocycles. The summed E-state index contributed by atoms with van der Waals surface area (Å²) in [5.74, 6) is -0.537. The Balaban J connectivity index is 1.86. The van der Waals surface area contributed by atoms with E-state index in [1.807, 2.05) is 22.9 Å². The van der Waals surface area contributed by atoms with E-state index in [1.54, 1.807) is 49.4 Å². The van der Waals surface area contributed by atoms with Gasteiger partial charge in [-0.2, -0.15) is 0 Å². The van der Waals surface area contributed by atoms with Gasteiger partial charge in [0.15, 0.2) is 0 Å². The minimum Gasteiger partial charge on any atom is -0.312 e. The molecule has 3 rings (SSSR count). The van der Waals surface area contributed by atoms with Crippen LogP contribution < -0.4 is 9.62 Å². The SMILES string of the molecule is C#CCC(C(=O)NS(=O)(=O)c1ccc2ccccc2c1)C(=O)N(CC)c1ccccc1. The van der Waals surface area contributed by atoms with Crippen molar-refractivity contribution < 1.29 is 18.0 Å². The Morgan fingerprint density at radius 3 is 2.29 bits per heavy atom. The van der Waals surface area contributed by atoms with Gasteiger partial charge in [0.25, 0.3) is 10.0 Å². The summed E-state index contributed by atoms with van der Waals surface area (Å²) < 4.78 is 27.7. The van der Waals surface area contributed by atoms with Crippen molar-refractivity contribution in [2.45, 2.75) is 18.2 Å². The number of amides is 2. The van der Waals surface area contributed by atoms with Crippen LogP contribution in [0.1, 0.15) is 13.3 Å². The van der Waals surface area contributed by atoms with Gasteiger partial charge in [0.2, 0.25) is 11.8 Å². The van der Waals surface area contributed by atoms with E-state index in [2.05, 4.69) is 5.92 Å². The van der Waals surface area contributed by atoms with Crippen LogP contribution in [0.2, 0.25) is 0 Å². The zero-order valence-corrected chi connectivity index (χ0v) is 17.8. The molecule has 0 fully saturated rings. The highest BCUT2D eigenvalue weighted by molar-refractivity contribution is 7.90. The van der Waals surface area contributed by atoms with Crippen molar-refractivity contribution in [2.75, 3.05) is 11.4 Å². The molecular weight excluding hydrogens is 412 g/mol. The molecule has 0 saturated carbocycles. The Bertz CT molecular complexity index is 1250. The Morgan fingerprint density at radius 1 is 1.00 bits per heavy atom. The Kier molecular flexibility index (Phi) is 6.73. The zero-order valence-electron chi connectivity index (χ0n) is 17.0. The van der Waals surface area contributed by atoms with E-state index in [0.717, 1.165) is 10.8 Å². The van der Waals surface area contributed by atoms with Gasteiger partial charge in [-0.3, -0.25) is 9.59 Å². The standard InChI is InChI=1S/C24H22N2O4S/c1-3-10-22(24(28)26(4-2)20-13-6-5-7-14-20)23(27)25-31(29,30)21-16-15-18-11-8-9-12-19(18)17-21/h1,5-9,11-17,22H,4,10H2,2H3,(H,25,27). The highest BCUT2D eigenvalue weighted by Crippen LogP contribution is 2.21. The molecule has 0 spiro atoms. The molecular formula is C24H22N2O4S. The van der Waals surface area contributed by atoms with E-state index >= 15 is 0 Å². The van der Waals surface area contributed by atoms with Gasteiger partial charge in [-0.1, -0.05) is 48.5 Å². The van der Waals surface area contributed by atoms with Gasteiger partial charge >= 0.3 is 0 Å². The number of rotatable bonds is 7. The summed E-state index contributed by atoms with van der Waals surface area (Å²) in [4.78, 5) is 27.3. The van der Waals surface area contributed by atoms with Crippen molar-refractivity contribution in [1.29, 1.82) is 0 Å². The van der Waals surface area contributed by atoms with Gasteiger partial charge in [-0.05, 0) is 42.0 Å². The maximum absolute atomic E-state index is 13.1. The van der Waals surface area contributed by atoms with Crippen molar-refractivity contribution >= 4 is 38.3 Å². The van der Waals surface area contributed by atoms with Crippen LogP contribution in [0.4, 0.5) is 5.69 Å². The predicted molar refractivity (Wildman–Crippen MR) is 121 cm³/mol. The van der Waals surface area contributed by atoms with Crippen LogP contribution >= 0.6 is 0 Å². The smallest absolute Gasteiger partial charge is 0.264 e. The third-order valence-corrected chi connectivity index (χ3v) is 6.20. The number of anilines is 1. The number of benzene rings is 3. The number of nitrogens with zero attached hydrogens (tertiary/aromatic N) is 1. The normalized spacial score (nSPS) is 12.0. The molecule has 1 unspecified atom stereocenters. The number of fused-ring (bicyclic) bond motifs is 1. The number of nitrogens with one attached hydrogen (secondary N) is 1. The Labute approximate surface area is 181 Å². The molecule has 1 N–H and O–H groups in total. The molecule has 0 aliphatic carbocycles. The van der Waals surface area contributed by atoms with E-state index in [0.29, 0.717) is 12.2 Å². The van der Waals surface area contributed by atoms with Gasteiger partial charge in [0.05, 0.1) is 4.90 Å².